The van der Waals surface area contributed by atoms with Crippen LogP contribution in [0, 0.1) is 0 Å². The predicted octanol–water partition coefficient (Wildman–Crippen LogP) is 1.41. The highest BCUT2D eigenvalue weighted by molar-refractivity contribution is 4.69. The van der Waals surface area contributed by atoms with Crippen molar-refractivity contribution in [3.8, 4) is 0 Å². The van der Waals surface area contributed by atoms with Crippen LogP contribution in [0.4, 0.5) is 0 Å². The molecule has 0 spiro atoms. The minimum absolute atomic E-state index is 0.294. The van der Waals surface area contributed by atoms with Gasteiger partial charge in [-0.3, -0.25) is 0 Å². The Morgan fingerprint density at radius 2 is 1.60 bits per heavy atom. The summed E-state index contributed by atoms with van der Waals surface area (Å²) < 4.78 is 5.15. The lowest BCUT2D eigenvalue weighted by atomic mass is 10.2. The lowest BCUT2D eigenvalue weighted by molar-refractivity contribution is 0.0860. The number of hydrogen-bond donors (Lipinski definition) is 1. The Morgan fingerprint density at radius 1 is 1.10 bits per heavy atom. The first-order valence-electron chi connectivity index (χ1n) is 3.86. The van der Waals surface area contributed by atoms with E-state index >= 15 is 0 Å². The molecule has 2 heteroatoms. The van der Waals surface area contributed by atoms with Gasteiger partial charge in [-0.05, 0) is 13.8 Å². The SMILES string of the molecule is COC(C)[C@H](C)NC(C)C. The summed E-state index contributed by atoms with van der Waals surface area (Å²) in [6.07, 6.45) is 0.294. The van der Waals surface area contributed by atoms with Crippen LogP contribution in [0.15, 0.2) is 0 Å². The van der Waals surface area contributed by atoms with Crippen LogP contribution in [-0.4, -0.2) is 25.3 Å². The monoisotopic (exact) mass is 145 g/mol. The van der Waals surface area contributed by atoms with Crippen LogP contribution in [0.3, 0.4) is 0 Å². The molecule has 2 nitrogen and oxygen atoms in total. The molecule has 0 fully saturated rings. The summed E-state index contributed by atoms with van der Waals surface area (Å²) in [6.45, 7) is 8.48. The third-order valence-electron chi connectivity index (χ3n) is 1.67. The van der Waals surface area contributed by atoms with Crippen molar-refractivity contribution in [3.63, 3.8) is 0 Å². The molecule has 10 heavy (non-hydrogen) atoms. The molecule has 0 aromatic rings. The van der Waals surface area contributed by atoms with Crippen LogP contribution >= 0.6 is 0 Å². The van der Waals surface area contributed by atoms with E-state index in [0.29, 0.717) is 18.2 Å². The van der Waals surface area contributed by atoms with E-state index in [1.807, 2.05) is 0 Å². The fraction of sp³-hybridized carbons (Fsp3) is 1.00. The van der Waals surface area contributed by atoms with Crippen molar-refractivity contribution >= 4 is 0 Å². The van der Waals surface area contributed by atoms with Crippen molar-refractivity contribution in [2.24, 2.45) is 0 Å². The predicted molar refractivity (Wildman–Crippen MR) is 44.2 cm³/mol. The number of ether oxygens (including phenoxy) is 1. The van der Waals surface area contributed by atoms with Gasteiger partial charge in [-0.1, -0.05) is 13.8 Å². The second kappa shape index (κ2) is 4.69. The minimum atomic E-state index is 0.294. The molecule has 0 saturated carbocycles. The average molecular weight is 145 g/mol. The molecule has 2 atom stereocenters. The molecule has 0 radical (unpaired) electrons. The van der Waals surface area contributed by atoms with E-state index in [9.17, 15) is 0 Å². The molecule has 0 aromatic carbocycles. The highest BCUT2D eigenvalue weighted by atomic mass is 16.5. The molecule has 0 aliphatic rings. The summed E-state index contributed by atoms with van der Waals surface area (Å²) in [5.74, 6) is 0. The zero-order chi connectivity index (χ0) is 8.15. The van der Waals surface area contributed by atoms with E-state index in [-0.39, 0.29) is 0 Å². The van der Waals surface area contributed by atoms with Crippen molar-refractivity contribution in [2.75, 3.05) is 7.11 Å². The Hall–Kier alpha value is -0.0800. The highest BCUT2D eigenvalue weighted by Crippen LogP contribution is 1.96. The van der Waals surface area contributed by atoms with E-state index in [0.717, 1.165) is 0 Å². The molecular weight excluding hydrogens is 126 g/mol. The van der Waals surface area contributed by atoms with Gasteiger partial charge in [0.15, 0.2) is 0 Å². The third kappa shape index (κ3) is 3.85. The van der Waals surface area contributed by atoms with E-state index in [1.165, 1.54) is 0 Å². The molecular formula is C8H19NO. The minimum Gasteiger partial charge on any atom is -0.380 e. The van der Waals surface area contributed by atoms with Crippen molar-refractivity contribution in [3.05, 3.63) is 0 Å². The first kappa shape index (κ1) is 9.92. The fourth-order valence-corrected chi connectivity index (χ4v) is 0.865. The van der Waals surface area contributed by atoms with Crippen molar-refractivity contribution in [1.29, 1.82) is 0 Å². The third-order valence-corrected chi connectivity index (χ3v) is 1.67. The zero-order valence-electron chi connectivity index (χ0n) is 7.64. The van der Waals surface area contributed by atoms with Gasteiger partial charge in [0.05, 0.1) is 6.10 Å². The van der Waals surface area contributed by atoms with Gasteiger partial charge < -0.3 is 10.1 Å². The van der Waals surface area contributed by atoms with Gasteiger partial charge in [0.1, 0.15) is 0 Å². The molecule has 1 N–H and O–H groups in total. The summed E-state index contributed by atoms with van der Waals surface area (Å²) in [5, 5.41) is 3.37. The molecule has 0 amide bonds. The maximum absolute atomic E-state index is 5.15. The summed E-state index contributed by atoms with van der Waals surface area (Å²) in [5.41, 5.74) is 0. The standard InChI is InChI=1S/C8H19NO/c1-6(2)9-7(3)8(4)10-5/h6-9H,1-5H3/t7-,8?/m0/s1. The molecule has 0 aliphatic carbocycles. The average Bonchev–Trinajstić information content (AvgIpc) is 1.85. The van der Waals surface area contributed by atoms with Crippen LogP contribution in [0.25, 0.3) is 0 Å². The molecule has 0 saturated heterocycles. The lowest BCUT2D eigenvalue weighted by Gasteiger charge is -2.21. The van der Waals surface area contributed by atoms with E-state index in [4.69, 9.17) is 4.74 Å². The Bertz CT molecular complexity index is 83.3. The maximum Gasteiger partial charge on any atom is 0.0693 e. The molecule has 1 unspecified atom stereocenters. The van der Waals surface area contributed by atoms with Gasteiger partial charge >= 0.3 is 0 Å². The number of rotatable bonds is 4. The molecule has 0 aromatic heterocycles. The number of hydrogen-bond acceptors (Lipinski definition) is 2. The highest BCUT2D eigenvalue weighted by Gasteiger charge is 2.10. The van der Waals surface area contributed by atoms with E-state index in [1.54, 1.807) is 7.11 Å². The van der Waals surface area contributed by atoms with Gasteiger partial charge in [0.2, 0.25) is 0 Å². The Balaban J connectivity index is 3.50. The Morgan fingerprint density at radius 3 is 1.90 bits per heavy atom. The molecule has 62 valence electrons. The Labute approximate surface area is 64.0 Å². The summed E-state index contributed by atoms with van der Waals surface area (Å²) >= 11 is 0. The molecule has 0 aliphatic heterocycles. The largest absolute Gasteiger partial charge is 0.380 e. The van der Waals surface area contributed by atoms with Crippen LogP contribution in [0.2, 0.25) is 0 Å². The normalized spacial score (nSPS) is 17.4. The summed E-state index contributed by atoms with van der Waals surface area (Å²) in [4.78, 5) is 0. The van der Waals surface area contributed by atoms with Crippen molar-refractivity contribution < 1.29 is 4.74 Å². The number of methoxy groups -OCH3 is 1. The zero-order valence-corrected chi connectivity index (χ0v) is 7.64. The fourth-order valence-electron chi connectivity index (χ4n) is 0.865. The molecule has 0 bridgehead atoms. The lowest BCUT2D eigenvalue weighted by Crippen LogP contribution is -2.40. The summed E-state index contributed by atoms with van der Waals surface area (Å²) in [7, 11) is 1.74. The Kier molecular flexibility index (Phi) is 4.65. The van der Waals surface area contributed by atoms with Gasteiger partial charge in [0.25, 0.3) is 0 Å². The first-order valence-corrected chi connectivity index (χ1v) is 3.86. The van der Waals surface area contributed by atoms with Gasteiger partial charge in [0, 0.05) is 19.2 Å². The van der Waals surface area contributed by atoms with Crippen molar-refractivity contribution in [1.82, 2.24) is 5.32 Å². The van der Waals surface area contributed by atoms with Crippen LogP contribution in [0.5, 0.6) is 0 Å². The topological polar surface area (TPSA) is 21.3 Å². The van der Waals surface area contributed by atoms with Crippen LogP contribution in [0.1, 0.15) is 27.7 Å². The van der Waals surface area contributed by atoms with E-state index in [2.05, 4.69) is 33.0 Å². The van der Waals surface area contributed by atoms with E-state index < -0.39 is 0 Å². The maximum atomic E-state index is 5.15. The first-order chi connectivity index (χ1) is 4.57. The van der Waals surface area contributed by atoms with Crippen molar-refractivity contribution in [2.45, 2.75) is 45.9 Å². The number of nitrogens with one attached hydrogen (secondary N) is 1. The van der Waals surface area contributed by atoms with Gasteiger partial charge in [-0.15, -0.1) is 0 Å². The smallest absolute Gasteiger partial charge is 0.0693 e. The van der Waals surface area contributed by atoms with Crippen LogP contribution in [-0.2, 0) is 4.74 Å². The van der Waals surface area contributed by atoms with Crippen LogP contribution < -0.4 is 5.32 Å². The molecule has 0 rings (SSSR count). The summed E-state index contributed by atoms with van der Waals surface area (Å²) in [6, 6.07) is 0.970. The van der Waals surface area contributed by atoms with Gasteiger partial charge in [-0.2, -0.15) is 0 Å². The second-order valence-electron chi connectivity index (χ2n) is 3.05. The van der Waals surface area contributed by atoms with Gasteiger partial charge in [-0.25, -0.2) is 0 Å². The quantitative estimate of drug-likeness (QED) is 0.645. The second-order valence-corrected chi connectivity index (χ2v) is 3.05. The molecule has 0 heterocycles.